The van der Waals surface area contributed by atoms with E-state index in [2.05, 4.69) is 20.9 Å². The molecule has 0 aliphatic heterocycles. The van der Waals surface area contributed by atoms with Gasteiger partial charge in [0.05, 0.1) is 16.0 Å². The van der Waals surface area contributed by atoms with E-state index in [4.69, 9.17) is 5.73 Å². The Hall–Kier alpha value is -1.78. The second-order valence-electron chi connectivity index (χ2n) is 4.58. The first kappa shape index (κ1) is 13.2. The molecule has 2 N–H and O–H groups in total. The molecule has 0 aliphatic rings. The van der Waals surface area contributed by atoms with Gasteiger partial charge in [0.1, 0.15) is 5.82 Å². The molecule has 4 heteroatoms. The number of rotatable bonds is 2. The molecule has 0 amide bonds. The Kier molecular flexibility index (Phi) is 3.51. The molecule has 0 saturated carbocycles. The second kappa shape index (κ2) is 5.31. The van der Waals surface area contributed by atoms with E-state index in [0.29, 0.717) is 10.0 Å². The van der Waals surface area contributed by atoms with Crippen LogP contribution in [0.4, 0.5) is 4.39 Å². The van der Waals surface area contributed by atoms with Crippen molar-refractivity contribution in [1.29, 1.82) is 0 Å². The van der Waals surface area contributed by atoms with Crippen molar-refractivity contribution in [3.63, 3.8) is 0 Å². The molecule has 0 saturated heterocycles. The van der Waals surface area contributed by atoms with Gasteiger partial charge in [0.25, 0.3) is 0 Å². The van der Waals surface area contributed by atoms with Crippen LogP contribution in [-0.4, -0.2) is 4.98 Å². The molecular formula is C16H12BrFN2. The van der Waals surface area contributed by atoms with E-state index < -0.39 is 6.04 Å². The topological polar surface area (TPSA) is 38.9 Å². The maximum absolute atomic E-state index is 13.6. The van der Waals surface area contributed by atoms with Crippen LogP contribution in [0, 0.1) is 5.82 Å². The molecule has 1 unspecified atom stereocenters. The number of fused-ring (bicyclic) bond motifs is 1. The number of nitrogens with two attached hydrogens (primary N) is 1. The molecule has 0 aliphatic carbocycles. The summed E-state index contributed by atoms with van der Waals surface area (Å²) in [6.45, 7) is 0. The number of aromatic nitrogens is 1. The van der Waals surface area contributed by atoms with Gasteiger partial charge in [-0.25, -0.2) is 4.39 Å². The fourth-order valence-corrected chi connectivity index (χ4v) is 2.71. The van der Waals surface area contributed by atoms with E-state index in [1.807, 2.05) is 36.4 Å². The van der Waals surface area contributed by atoms with Gasteiger partial charge < -0.3 is 5.73 Å². The Labute approximate surface area is 124 Å². The highest BCUT2D eigenvalue weighted by Crippen LogP contribution is 2.29. The van der Waals surface area contributed by atoms with Crippen LogP contribution in [-0.2, 0) is 0 Å². The minimum absolute atomic E-state index is 0.313. The van der Waals surface area contributed by atoms with E-state index in [1.165, 1.54) is 6.07 Å². The van der Waals surface area contributed by atoms with Crippen LogP contribution < -0.4 is 5.73 Å². The third-order valence-corrected chi connectivity index (χ3v) is 4.12. The zero-order valence-corrected chi connectivity index (χ0v) is 12.1. The van der Waals surface area contributed by atoms with Gasteiger partial charge in [-0.2, -0.15) is 0 Å². The summed E-state index contributed by atoms with van der Waals surface area (Å²) in [6.07, 6.45) is 1.74. The summed E-state index contributed by atoms with van der Waals surface area (Å²) in [7, 11) is 0. The van der Waals surface area contributed by atoms with Crippen molar-refractivity contribution in [3.05, 3.63) is 76.1 Å². The van der Waals surface area contributed by atoms with Gasteiger partial charge in [-0.05, 0) is 45.3 Å². The standard InChI is InChI=1S/C16H12BrFN2/c17-15-12(5-3-6-13(15)18)16(19)11-8-10-4-1-2-7-14(10)20-9-11/h1-9,16H,19H2. The molecule has 0 spiro atoms. The highest BCUT2D eigenvalue weighted by molar-refractivity contribution is 9.10. The van der Waals surface area contributed by atoms with Crippen LogP contribution in [0.5, 0.6) is 0 Å². The Bertz CT molecular complexity index is 773. The molecule has 3 aromatic rings. The summed E-state index contributed by atoms with van der Waals surface area (Å²) in [6, 6.07) is 14.3. The number of nitrogens with zero attached hydrogens (tertiary/aromatic N) is 1. The van der Waals surface area contributed by atoms with E-state index in [1.54, 1.807) is 12.3 Å². The van der Waals surface area contributed by atoms with E-state index in [-0.39, 0.29) is 5.82 Å². The minimum atomic E-state index is -0.419. The van der Waals surface area contributed by atoms with Crippen LogP contribution in [0.15, 0.2) is 59.2 Å². The number of benzene rings is 2. The fourth-order valence-electron chi connectivity index (χ4n) is 2.20. The van der Waals surface area contributed by atoms with Gasteiger partial charge in [-0.3, -0.25) is 4.98 Å². The lowest BCUT2D eigenvalue weighted by atomic mass is 10.00. The van der Waals surface area contributed by atoms with Crippen LogP contribution in [0.2, 0.25) is 0 Å². The molecular weight excluding hydrogens is 319 g/mol. The third-order valence-electron chi connectivity index (χ3n) is 3.29. The molecule has 0 fully saturated rings. The number of pyridine rings is 1. The number of halogens is 2. The molecule has 2 aromatic carbocycles. The predicted octanol–water partition coefficient (Wildman–Crippen LogP) is 4.18. The lowest BCUT2D eigenvalue weighted by molar-refractivity contribution is 0.616. The molecule has 20 heavy (non-hydrogen) atoms. The van der Waals surface area contributed by atoms with Crippen molar-refractivity contribution in [2.45, 2.75) is 6.04 Å². The zero-order valence-electron chi connectivity index (χ0n) is 10.6. The summed E-state index contributed by atoms with van der Waals surface area (Å²) >= 11 is 3.25. The molecule has 1 atom stereocenters. The zero-order chi connectivity index (χ0) is 14.1. The highest BCUT2D eigenvalue weighted by Gasteiger charge is 2.15. The van der Waals surface area contributed by atoms with Gasteiger partial charge in [0.2, 0.25) is 0 Å². The molecule has 0 bridgehead atoms. The number of para-hydroxylation sites is 1. The van der Waals surface area contributed by atoms with Crippen LogP contribution in [0.25, 0.3) is 10.9 Å². The van der Waals surface area contributed by atoms with Crippen molar-refractivity contribution < 1.29 is 4.39 Å². The largest absolute Gasteiger partial charge is 0.320 e. The average molecular weight is 331 g/mol. The van der Waals surface area contributed by atoms with E-state index in [9.17, 15) is 4.39 Å². The van der Waals surface area contributed by atoms with Gasteiger partial charge in [-0.15, -0.1) is 0 Å². The minimum Gasteiger partial charge on any atom is -0.320 e. The van der Waals surface area contributed by atoms with Crippen molar-refractivity contribution in [3.8, 4) is 0 Å². The lowest BCUT2D eigenvalue weighted by Gasteiger charge is -2.15. The Morgan fingerprint density at radius 1 is 1.10 bits per heavy atom. The van der Waals surface area contributed by atoms with Crippen molar-refractivity contribution in [1.82, 2.24) is 4.98 Å². The molecule has 2 nitrogen and oxygen atoms in total. The Morgan fingerprint density at radius 3 is 2.75 bits per heavy atom. The molecule has 0 radical (unpaired) electrons. The average Bonchev–Trinajstić information content (AvgIpc) is 2.49. The van der Waals surface area contributed by atoms with Crippen LogP contribution in [0.1, 0.15) is 17.2 Å². The summed E-state index contributed by atoms with van der Waals surface area (Å²) < 4.78 is 14.0. The van der Waals surface area contributed by atoms with Crippen molar-refractivity contribution >= 4 is 26.8 Å². The first-order valence-electron chi connectivity index (χ1n) is 6.21. The van der Waals surface area contributed by atoms with Crippen LogP contribution >= 0.6 is 15.9 Å². The summed E-state index contributed by atoms with van der Waals surface area (Å²) in [5.41, 5.74) is 8.73. The summed E-state index contributed by atoms with van der Waals surface area (Å²) in [5.74, 6) is -0.313. The third kappa shape index (κ3) is 2.32. The maximum Gasteiger partial charge on any atom is 0.137 e. The normalized spacial score (nSPS) is 12.6. The monoisotopic (exact) mass is 330 g/mol. The number of hydrogen-bond acceptors (Lipinski definition) is 2. The van der Waals surface area contributed by atoms with Gasteiger partial charge in [-0.1, -0.05) is 30.3 Å². The van der Waals surface area contributed by atoms with Crippen LogP contribution in [0.3, 0.4) is 0 Å². The first-order valence-corrected chi connectivity index (χ1v) is 7.00. The highest BCUT2D eigenvalue weighted by atomic mass is 79.9. The predicted molar refractivity (Wildman–Crippen MR) is 81.9 cm³/mol. The number of hydrogen-bond donors (Lipinski definition) is 1. The van der Waals surface area contributed by atoms with Gasteiger partial charge in [0, 0.05) is 11.6 Å². The maximum atomic E-state index is 13.6. The Balaban J connectivity index is 2.08. The lowest BCUT2D eigenvalue weighted by Crippen LogP contribution is -2.13. The summed E-state index contributed by atoms with van der Waals surface area (Å²) in [4.78, 5) is 4.39. The molecule has 100 valence electrons. The second-order valence-corrected chi connectivity index (χ2v) is 5.38. The van der Waals surface area contributed by atoms with E-state index in [0.717, 1.165) is 16.5 Å². The molecule has 1 aromatic heterocycles. The fraction of sp³-hybridized carbons (Fsp3) is 0.0625. The van der Waals surface area contributed by atoms with E-state index >= 15 is 0 Å². The smallest absolute Gasteiger partial charge is 0.137 e. The first-order chi connectivity index (χ1) is 9.66. The van der Waals surface area contributed by atoms with Crippen molar-refractivity contribution in [2.75, 3.05) is 0 Å². The Morgan fingerprint density at radius 2 is 1.90 bits per heavy atom. The summed E-state index contributed by atoms with van der Waals surface area (Å²) in [5, 5.41) is 1.02. The molecule has 3 rings (SSSR count). The van der Waals surface area contributed by atoms with Crippen molar-refractivity contribution in [2.24, 2.45) is 5.73 Å². The molecule has 1 heterocycles. The van der Waals surface area contributed by atoms with Gasteiger partial charge >= 0.3 is 0 Å². The SMILES string of the molecule is NC(c1cnc2ccccc2c1)c1cccc(F)c1Br. The quantitative estimate of drug-likeness (QED) is 0.765. The van der Waals surface area contributed by atoms with Gasteiger partial charge in [0.15, 0.2) is 0 Å².